The van der Waals surface area contributed by atoms with Crippen molar-refractivity contribution in [3.05, 3.63) is 65.4 Å². The first-order valence-electron chi connectivity index (χ1n) is 8.86. The van der Waals surface area contributed by atoms with Crippen molar-refractivity contribution in [3.8, 4) is 0 Å². The molecular weight excluding hydrogens is 456 g/mol. The highest BCUT2D eigenvalue weighted by molar-refractivity contribution is 14.0. The van der Waals surface area contributed by atoms with Crippen LogP contribution in [0.1, 0.15) is 23.9 Å². The molecular formula is C20H25FIN5. The standard InChI is InChI=1S/C20H24FN5.HI/c1-3-22-20(25-13-17-6-4-5-14(2)26-17)23-10-9-15-12-24-19-11-16(21)7-8-18(15)19;/h4-8,11-12,24H,3,9-10,13H2,1-2H3,(H2,22,23,25);1H. The molecule has 0 spiro atoms. The molecule has 0 bridgehead atoms. The van der Waals surface area contributed by atoms with Crippen LogP contribution in [0.25, 0.3) is 10.9 Å². The predicted molar refractivity (Wildman–Crippen MR) is 119 cm³/mol. The summed E-state index contributed by atoms with van der Waals surface area (Å²) >= 11 is 0. The fourth-order valence-corrected chi connectivity index (χ4v) is 2.87. The Morgan fingerprint density at radius 1 is 1.22 bits per heavy atom. The van der Waals surface area contributed by atoms with E-state index in [1.807, 2.05) is 44.3 Å². The first kappa shape index (κ1) is 21.1. The number of nitrogens with zero attached hydrogens (tertiary/aromatic N) is 2. The molecule has 3 aromatic rings. The number of aliphatic imine (C=N–C) groups is 1. The summed E-state index contributed by atoms with van der Waals surface area (Å²) in [5.41, 5.74) is 3.92. The van der Waals surface area contributed by atoms with Crippen LogP contribution in [0.15, 0.2) is 47.6 Å². The van der Waals surface area contributed by atoms with E-state index in [-0.39, 0.29) is 29.8 Å². The minimum atomic E-state index is -0.227. The summed E-state index contributed by atoms with van der Waals surface area (Å²) in [6.45, 7) is 6.07. The average Bonchev–Trinajstić information content (AvgIpc) is 3.02. The van der Waals surface area contributed by atoms with Crippen LogP contribution in [0, 0.1) is 12.7 Å². The number of hydrogen-bond donors (Lipinski definition) is 3. The van der Waals surface area contributed by atoms with Crippen LogP contribution in [0.5, 0.6) is 0 Å². The van der Waals surface area contributed by atoms with Crippen molar-refractivity contribution in [2.24, 2.45) is 4.99 Å². The van der Waals surface area contributed by atoms with Crippen LogP contribution in [-0.2, 0) is 13.0 Å². The van der Waals surface area contributed by atoms with Crippen molar-refractivity contribution < 1.29 is 4.39 Å². The van der Waals surface area contributed by atoms with Crippen LogP contribution < -0.4 is 10.6 Å². The van der Waals surface area contributed by atoms with Crippen LogP contribution in [0.3, 0.4) is 0 Å². The van der Waals surface area contributed by atoms with E-state index in [4.69, 9.17) is 0 Å². The number of aromatic amines is 1. The van der Waals surface area contributed by atoms with Gasteiger partial charge < -0.3 is 15.6 Å². The fourth-order valence-electron chi connectivity index (χ4n) is 2.87. The van der Waals surface area contributed by atoms with E-state index in [1.54, 1.807) is 0 Å². The van der Waals surface area contributed by atoms with Gasteiger partial charge in [-0.1, -0.05) is 6.07 Å². The molecule has 7 heteroatoms. The van der Waals surface area contributed by atoms with Crippen molar-refractivity contribution in [2.75, 3.05) is 13.1 Å². The molecule has 0 fully saturated rings. The predicted octanol–water partition coefficient (Wildman–Crippen LogP) is 3.93. The normalized spacial score (nSPS) is 11.3. The molecule has 0 aliphatic heterocycles. The number of aromatic nitrogens is 2. The van der Waals surface area contributed by atoms with Gasteiger partial charge in [0.2, 0.25) is 0 Å². The smallest absolute Gasteiger partial charge is 0.191 e. The Morgan fingerprint density at radius 3 is 2.85 bits per heavy atom. The zero-order valence-electron chi connectivity index (χ0n) is 15.6. The highest BCUT2D eigenvalue weighted by atomic mass is 127. The maximum Gasteiger partial charge on any atom is 0.191 e. The average molecular weight is 481 g/mol. The number of nitrogens with one attached hydrogen (secondary N) is 3. The molecule has 0 saturated carbocycles. The SMILES string of the molecule is CCNC(=NCc1cccc(C)n1)NCCc1c[nH]c2cc(F)ccc12.I. The molecule has 2 heterocycles. The Kier molecular flexibility index (Phi) is 8.02. The van der Waals surface area contributed by atoms with Crippen LogP contribution in [0.2, 0.25) is 0 Å². The van der Waals surface area contributed by atoms with Gasteiger partial charge in [0.15, 0.2) is 5.96 Å². The summed E-state index contributed by atoms with van der Waals surface area (Å²) in [6.07, 6.45) is 2.76. The van der Waals surface area contributed by atoms with Crippen molar-refractivity contribution >= 4 is 40.8 Å². The Hall–Kier alpha value is -2.16. The van der Waals surface area contributed by atoms with E-state index >= 15 is 0 Å². The van der Waals surface area contributed by atoms with Crippen molar-refractivity contribution in [2.45, 2.75) is 26.8 Å². The molecule has 0 atom stereocenters. The summed E-state index contributed by atoms with van der Waals surface area (Å²) < 4.78 is 13.3. The van der Waals surface area contributed by atoms with E-state index < -0.39 is 0 Å². The molecule has 0 radical (unpaired) electrons. The minimum absolute atomic E-state index is 0. The van der Waals surface area contributed by atoms with Gasteiger partial charge in [-0.2, -0.15) is 0 Å². The number of guanidine groups is 1. The Labute approximate surface area is 175 Å². The first-order chi connectivity index (χ1) is 12.7. The van der Waals surface area contributed by atoms with E-state index in [1.165, 1.54) is 12.1 Å². The number of hydrogen-bond acceptors (Lipinski definition) is 2. The van der Waals surface area contributed by atoms with Gasteiger partial charge >= 0.3 is 0 Å². The summed E-state index contributed by atoms with van der Waals surface area (Å²) in [7, 11) is 0. The summed E-state index contributed by atoms with van der Waals surface area (Å²) in [5, 5.41) is 7.64. The highest BCUT2D eigenvalue weighted by Crippen LogP contribution is 2.19. The van der Waals surface area contributed by atoms with E-state index in [9.17, 15) is 4.39 Å². The number of fused-ring (bicyclic) bond motifs is 1. The molecule has 1 aromatic carbocycles. The lowest BCUT2D eigenvalue weighted by Gasteiger charge is -2.11. The van der Waals surface area contributed by atoms with Crippen molar-refractivity contribution in [3.63, 3.8) is 0 Å². The number of aryl methyl sites for hydroxylation is 1. The molecule has 144 valence electrons. The molecule has 2 aromatic heterocycles. The maximum atomic E-state index is 13.3. The van der Waals surface area contributed by atoms with Gasteiger partial charge in [-0.3, -0.25) is 4.98 Å². The second-order valence-electron chi connectivity index (χ2n) is 6.15. The lowest BCUT2D eigenvalue weighted by atomic mass is 10.1. The highest BCUT2D eigenvalue weighted by Gasteiger charge is 2.05. The Balaban J connectivity index is 0.00000261. The molecule has 0 saturated heterocycles. The lowest BCUT2D eigenvalue weighted by molar-refractivity contribution is 0.629. The third kappa shape index (κ3) is 5.92. The second kappa shape index (κ2) is 10.2. The molecule has 0 aliphatic rings. The van der Waals surface area contributed by atoms with Crippen LogP contribution >= 0.6 is 24.0 Å². The molecule has 0 unspecified atom stereocenters. The lowest BCUT2D eigenvalue weighted by Crippen LogP contribution is -2.38. The largest absolute Gasteiger partial charge is 0.361 e. The summed E-state index contributed by atoms with van der Waals surface area (Å²) in [5.74, 6) is 0.539. The number of benzene rings is 1. The van der Waals surface area contributed by atoms with Gasteiger partial charge in [0.05, 0.1) is 12.2 Å². The zero-order valence-corrected chi connectivity index (χ0v) is 17.9. The molecule has 5 nitrogen and oxygen atoms in total. The van der Waals surface area contributed by atoms with Gasteiger partial charge in [0.1, 0.15) is 5.82 Å². The minimum Gasteiger partial charge on any atom is -0.361 e. The zero-order chi connectivity index (χ0) is 18.4. The molecule has 3 N–H and O–H groups in total. The van der Waals surface area contributed by atoms with E-state index in [0.717, 1.165) is 53.3 Å². The number of halogens is 2. The quantitative estimate of drug-likeness (QED) is 0.284. The van der Waals surface area contributed by atoms with Crippen molar-refractivity contribution in [1.29, 1.82) is 0 Å². The molecule has 3 rings (SSSR count). The summed E-state index contributed by atoms with van der Waals surface area (Å²) in [6, 6.07) is 10.8. The third-order valence-corrected chi connectivity index (χ3v) is 4.11. The number of H-pyrrole nitrogens is 1. The topological polar surface area (TPSA) is 65.1 Å². The Bertz CT molecular complexity index is 906. The first-order valence-corrected chi connectivity index (χ1v) is 8.86. The maximum absolute atomic E-state index is 13.3. The molecule has 0 amide bonds. The third-order valence-electron chi connectivity index (χ3n) is 4.11. The van der Waals surface area contributed by atoms with Gasteiger partial charge in [0, 0.05) is 35.9 Å². The van der Waals surface area contributed by atoms with Gasteiger partial charge in [-0.25, -0.2) is 9.38 Å². The van der Waals surface area contributed by atoms with Gasteiger partial charge in [-0.15, -0.1) is 24.0 Å². The Morgan fingerprint density at radius 2 is 2.07 bits per heavy atom. The fraction of sp³-hybridized carbons (Fsp3) is 0.300. The van der Waals surface area contributed by atoms with E-state index in [0.29, 0.717) is 6.54 Å². The van der Waals surface area contributed by atoms with Crippen LogP contribution in [0.4, 0.5) is 4.39 Å². The second-order valence-corrected chi connectivity index (χ2v) is 6.15. The molecule has 27 heavy (non-hydrogen) atoms. The van der Waals surface area contributed by atoms with E-state index in [2.05, 4.69) is 25.6 Å². The van der Waals surface area contributed by atoms with Gasteiger partial charge in [-0.05, 0) is 56.2 Å². The number of rotatable bonds is 6. The monoisotopic (exact) mass is 481 g/mol. The van der Waals surface area contributed by atoms with Crippen LogP contribution in [-0.4, -0.2) is 29.0 Å². The summed E-state index contributed by atoms with van der Waals surface area (Å²) in [4.78, 5) is 12.2. The van der Waals surface area contributed by atoms with Gasteiger partial charge in [0.25, 0.3) is 0 Å². The van der Waals surface area contributed by atoms with Crippen molar-refractivity contribution in [1.82, 2.24) is 20.6 Å². The number of pyridine rings is 1. The molecule has 0 aliphatic carbocycles.